The van der Waals surface area contributed by atoms with Crippen LogP contribution in [0, 0.1) is 6.57 Å². The molecule has 1 aliphatic rings. The van der Waals surface area contributed by atoms with Crippen LogP contribution in [-0.2, 0) is 21.8 Å². The average Bonchev–Trinajstić information content (AvgIpc) is 3.00. The molecule has 1 aromatic rings. The van der Waals surface area contributed by atoms with Gasteiger partial charge in [-0.25, -0.2) is 13.4 Å². The van der Waals surface area contributed by atoms with Crippen LogP contribution in [0.15, 0.2) is 18.2 Å². The van der Waals surface area contributed by atoms with Crippen molar-refractivity contribution in [1.82, 2.24) is 4.31 Å². The number of hydrogen-bond donors (Lipinski definition) is 0. The molecule has 1 aliphatic carbocycles. The van der Waals surface area contributed by atoms with E-state index in [0.717, 1.165) is 24.1 Å². The van der Waals surface area contributed by atoms with Gasteiger partial charge in [-0.2, -0.15) is 0 Å². The van der Waals surface area contributed by atoms with E-state index in [-0.39, 0.29) is 15.8 Å². The second-order valence-corrected chi connectivity index (χ2v) is 17.1. The summed E-state index contributed by atoms with van der Waals surface area (Å²) in [4.78, 5) is 3.69. The van der Waals surface area contributed by atoms with Crippen molar-refractivity contribution in [3.05, 3.63) is 40.7 Å². The van der Waals surface area contributed by atoms with Gasteiger partial charge in [-0.15, -0.1) is 0 Å². The van der Waals surface area contributed by atoms with Crippen molar-refractivity contribution >= 4 is 25.0 Å². The quantitative estimate of drug-likeness (QED) is 0.417. The SMILES string of the molecule is [C-]#[N+]c1cccc2c1CC[C@@H]2N(CCO[Si](C)(C)C(C)(C)C)[S@@](=O)C(C)(C)C. The summed E-state index contributed by atoms with van der Waals surface area (Å²) < 4.78 is 21.6. The first-order chi connectivity index (χ1) is 12.8. The molecule has 0 spiro atoms. The standard InChI is InChI=1S/C22H36N2O2SSi/c1-21(2,3)27(25)24(15-16-26-28(8,9)22(4,5)6)20-14-13-17-18(20)11-10-12-19(17)23-7/h10-12,20H,13-16H2,1-6,8-9H3/t20-,27-/m0/s1. The molecular weight excluding hydrogens is 384 g/mol. The maximum Gasteiger partial charge on any atom is 0.192 e. The Morgan fingerprint density at radius 3 is 2.43 bits per heavy atom. The monoisotopic (exact) mass is 420 g/mol. The second kappa shape index (κ2) is 8.39. The van der Waals surface area contributed by atoms with Gasteiger partial charge >= 0.3 is 0 Å². The first-order valence-corrected chi connectivity index (χ1v) is 14.1. The van der Waals surface area contributed by atoms with Gasteiger partial charge in [0.2, 0.25) is 0 Å². The lowest BCUT2D eigenvalue weighted by atomic mass is 10.1. The third-order valence-electron chi connectivity index (χ3n) is 6.00. The molecule has 2 atom stereocenters. The normalized spacial score (nSPS) is 18.8. The summed E-state index contributed by atoms with van der Waals surface area (Å²) in [6.45, 7) is 26.0. The van der Waals surface area contributed by atoms with E-state index < -0.39 is 19.3 Å². The lowest BCUT2D eigenvalue weighted by molar-refractivity contribution is 0.230. The Kier molecular flexibility index (Phi) is 6.98. The van der Waals surface area contributed by atoms with Gasteiger partial charge in [-0.3, -0.25) is 0 Å². The van der Waals surface area contributed by atoms with Gasteiger partial charge in [0.05, 0.1) is 11.3 Å². The summed E-state index contributed by atoms with van der Waals surface area (Å²) in [5.74, 6) is 0. The summed E-state index contributed by atoms with van der Waals surface area (Å²) in [6, 6.07) is 6.03. The highest BCUT2D eigenvalue weighted by molar-refractivity contribution is 7.84. The molecule has 6 heteroatoms. The van der Waals surface area contributed by atoms with Gasteiger partial charge in [-0.1, -0.05) is 39.0 Å². The molecule has 0 unspecified atom stereocenters. The molecule has 0 heterocycles. The number of nitrogens with zero attached hydrogens (tertiary/aromatic N) is 2. The third kappa shape index (κ3) is 4.94. The van der Waals surface area contributed by atoms with Crippen LogP contribution in [0.4, 0.5) is 5.69 Å². The molecule has 156 valence electrons. The van der Waals surface area contributed by atoms with Crippen molar-refractivity contribution in [1.29, 1.82) is 0 Å². The second-order valence-electron chi connectivity index (χ2n) is 10.1. The van der Waals surface area contributed by atoms with Crippen LogP contribution in [0.3, 0.4) is 0 Å². The first-order valence-electron chi connectivity index (χ1n) is 10.1. The Morgan fingerprint density at radius 2 is 1.89 bits per heavy atom. The van der Waals surface area contributed by atoms with Gasteiger partial charge in [0.15, 0.2) is 14.0 Å². The van der Waals surface area contributed by atoms with Crippen LogP contribution >= 0.6 is 0 Å². The van der Waals surface area contributed by atoms with E-state index in [2.05, 4.69) is 49.1 Å². The van der Waals surface area contributed by atoms with Crippen molar-refractivity contribution in [3.8, 4) is 0 Å². The summed E-state index contributed by atoms with van der Waals surface area (Å²) in [7, 11) is -2.98. The average molecular weight is 421 g/mol. The molecule has 0 amide bonds. The van der Waals surface area contributed by atoms with E-state index in [1.165, 1.54) is 5.56 Å². The van der Waals surface area contributed by atoms with Gasteiger partial charge in [0.25, 0.3) is 0 Å². The predicted octanol–water partition coefficient (Wildman–Crippen LogP) is 6.01. The minimum atomic E-state index is -1.84. The first kappa shape index (κ1) is 23.3. The number of benzene rings is 1. The summed E-state index contributed by atoms with van der Waals surface area (Å²) in [5.41, 5.74) is 3.03. The molecule has 0 saturated carbocycles. The van der Waals surface area contributed by atoms with Crippen LogP contribution in [0.25, 0.3) is 4.85 Å². The third-order valence-corrected chi connectivity index (χ3v) is 12.4. The molecule has 0 aromatic heterocycles. The lowest BCUT2D eigenvalue weighted by Crippen LogP contribution is -2.45. The maximum absolute atomic E-state index is 13.4. The molecule has 1 aromatic carbocycles. The van der Waals surface area contributed by atoms with Crippen molar-refractivity contribution in [3.63, 3.8) is 0 Å². The molecule has 28 heavy (non-hydrogen) atoms. The van der Waals surface area contributed by atoms with Crippen LogP contribution in [0.5, 0.6) is 0 Å². The molecule has 2 rings (SSSR count). The smallest absolute Gasteiger partial charge is 0.192 e. The van der Waals surface area contributed by atoms with Gasteiger partial charge in [0.1, 0.15) is 11.0 Å². The number of rotatable bonds is 6. The van der Waals surface area contributed by atoms with Gasteiger partial charge in [0, 0.05) is 19.2 Å². The van der Waals surface area contributed by atoms with E-state index >= 15 is 0 Å². The molecule has 0 saturated heterocycles. The van der Waals surface area contributed by atoms with Crippen molar-refractivity contribution in [2.24, 2.45) is 0 Å². The molecule has 0 aliphatic heterocycles. The Labute approximate surface area is 175 Å². The predicted molar refractivity (Wildman–Crippen MR) is 122 cm³/mol. The minimum absolute atomic E-state index is 0.0831. The zero-order valence-corrected chi connectivity index (χ0v) is 20.6. The fourth-order valence-electron chi connectivity index (χ4n) is 3.33. The molecule has 0 fully saturated rings. The molecule has 0 radical (unpaired) electrons. The largest absolute Gasteiger partial charge is 0.415 e. The minimum Gasteiger partial charge on any atom is -0.415 e. The highest BCUT2D eigenvalue weighted by Gasteiger charge is 2.39. The highest BCUT2D eigenvalue weighted by atomic mass is 32.2. The van der Waals surface area contributed by atoms with Crippen LogP contribution in [-0.4, -0.2) is 34.7 Å². The van der Waals surface area contributed by atoms with E-state index in [0.29, 0.717) is 13.2 Å². The Hall–Kier alpha value is -1.00. The zero-order valence-electron chi connectivity index (χ0n) is 18.8. The van der Waals surface area contributed by atoms with Crippen LogP contribution in [0.1, 0.15) is 65.1 Å². The fourth-order valence-corrected chi connectivity index (χ4v) is 5.76. The Bertz CT molecular complexity index is 772. The molecule has 4 nitrogen and oxygen atoms in total. The Balaban J connectivity index is 2.27. The van der Waals surface area contributed by atoms with E-state index in [1.807, 2.05) is 32.9 Å². The van der Waals surface area contributed by atoms with Crippen molar-refractivity contribution < 1.29 is 8.63 Å². The maximum atomic E-state index is 13.4. The van der Waals surface area contributed by atoms with Crippen molar-refractivity contribution in [2.75, 3.05) is 13.2 Å². The topological polar surface area (TPSA) is 33.9 Å². The summed E-state index contributed by atoms with van der Waals surface area (Å²) in [5, 5.41) is 0.158. The Morgan fingerprint density at radius 1 is 1.25 bits per heavy atom. The fraction of sp³-hybridized carbons (Fsp3) is 0.682. The molecule has 0 N–H and O–H groups in total. The van der Waals surface area contributed by atoms with Gasteiger partial charge < -0.3 is 4.43 Å². The van der Waals surface area contributed by atoms with E-state index in [4.69, 9.17) is 11.0 Å². The highest BCUT2D eigenvalue weighted by Crippen LogP contribution is 2.42. The van der Waals surface area contributed by atoms with E-state index in [9.17, 15) is 4.21 Å². The number of fused-ring (bicyclic) bond motifs is 1. The molecule has 0 bridgehead atoms. The number of hydrogen-bond acceptors (Lipinski definition) is 2. The summed E-state index contributed by atoms with van der Waals surface area (Å²) in [6.07, 6.45) is 1.78. The van der Waals surface area contributed by atoms with Gasteiger partial charge in [-0.05, 0) is 62.9 Å². The zero-order chi connectivity index (χ0) is 21.3. The molecular formula is C22H36N2O2SSi. The lowest BCUT2D eigenvalue weighted by Gasteiger charge is -2.38. The summed E-state index contributed by atoms with van der Waals surface area (Å²) >= 11 is 0. The van der Waals surface area contributed by atoms with Crippen molar-refractivity contribution in [2.45, 2.75) is 83.3 Å². The van der Waals surface area contributed by atoms with Crippen LogP contribution in [0.2, 0.25) is 18.1 Å². The van der Waals surface area contributed by atoms with Crippen LogP contribution < -0.4 is 0 Å². The van der Waals surface area contributed by atoms with E-state index in [1.54, 1.807) is 0 Å².